The molecule has 0 N–H and O–H groups in total. The van der Waals surface area contributed by atoms with Crippen molar-refractivity contribution >= 4 is 49.3 Å². The topological polar surface area (TPSA) is 63.8 Å². The molecule has 0 spiro atoms. The number of benzene rings is 8. The van der Waals surface area contributed by atoms with Gasteiger partial charge >= 0.3 is 6.18 Å². The van der Waals surface area contributed by atoms with Crippen LogP contribution < -0.4 is 0 Å². The number of aromatic nitrogens is 4. The fourth-order valence-corrected chi connectivity index (χ4v) is 10.1. The van der Waals surface area contributed by atoms with Gasteiger partial charge in [-0.15, -0.1) is 0 Å². The van der Waals surface area contributed by atoms with Crippen molar-refractivity contribution in [1.29, 1.82) is 5.26 Å². The summed E-state index contributed by atoms with van der Waals surface area (Å²) in [4.78, 5) is 13.2. The Morgan fingerprint density at radius 3 is 1.40 bits per heavy atom. The summed E-state index contributed by atoms with van der Waals surface area (Å²) in [6.45, 7) is 8.14. The number of rotatable bonds is 7. The Morgan fingerprint density at radius 2 is 0.929 bits per heavy atom. The number of hydrogen-bond acceptors (Lipinski definition) is 3. The Bertz CT molecular complexity index is 3920. The molecule has 0 amide bonds. The van der Waals surface area contributed by atoms with E-state index in [0.29, 0.717) is 11.4 Å². The molecular formula is C61H35F3N6. The van der Waals surface area contributed by atoms with Crippen LogP contribution in [0.25, 0.3) is 116 Å². The number of para-hydroxylation sites is 2. The van der Waals surface area contributed by atoms with Crippen LogP contribution in [-0.2, 0) is 6.18 Å². The maximum atomic E-state index is 15.2. The molecule has 12 aromatic rings. The van der Waals surface area contributed by atoms with Gasteiger partial charge in [-0.3, -0.25) is 9.97 Å². The van der Waals surface area contributed by atoms with E-state index in [2.05, 4.69) is 23.0 Å². The zero-order valence-electron chi connectivity index (χ0n) is 37.0. The largest absolute Gasteiger partial charge is 0.415 e. The van der Waals surface area contributed by atoms with Gasteiger partial charge in [0.15, 0.2) is 5.69 Å². The summed E-state index contributed by atoms with van der Waals surface area (Å²) in [5, 5.41) is 15.1. The second kappa shape index (κ2) is 16.6. The Morgan fingerprint density at radius 1 is 0.457 bits per heavy atom. The lowest BCUT2D eigenvalue weighted by Crippen LogP contribution is -2.09. The van der Waals surface area contributed by atoms with Crippen molar-refractivity contribution in [2.24, 2.45) is 0 Å². The summed E-state index contributed by atoms with van der Waals surface area (Å²) in [6, 6.07) is 65.3. The number of halogens is 3. The van der Waals surface area contributed by atoms with E-state index in [-0.39, 0.29) is 22.4 Å². The zero-order chi connectivity index (χ0) is 47.5. The lowest BCUT2D eigenvalue weighted by atomic mass is 9.94. The van der Waals surface area contributed by atoms with Crippen molar-refractivity contribution in [3.63, 3.8) is 0 Å². The van der Waals surface area contributed by atoms with E-state index in [4.69, 9.17) is 16.5 Å². The maximum absolute atomic E-state index is 15.2. The van der Waals surface area contributed by atoms with Gasteiger partial charge in [0, 0.05) is 56.2 Å². The zero-order valence-corrected chi connectivity index (χ0v) is 37.0. The highest BCUT2D eigenvalue weighted by molar-refractivity contribution is 6.13. The molecule has 6 nitrogen and oxygen atoms in total. The Labute approximate surface area is 399 Å². The molecule has 0 saturated heterocycles. The first kappa shape index (κ1) is 41.8. The summed E-state index contributed by atoms with van der Waals surface area (Å²) >= 11 is 0. The number of hydrogen-bond donors (Lipinski definition) is 0. The van der Waals surface area contributed by atoms with Crippen molar-refractivity contribution in [2.45, 2.75) is 6.18 Å². The highest BCUT2D eigenvalue weighted by atomic mass is 19.4. The molecule has 4 aromatic heterocycles. The van der Waals surface area contributed by atoms with Crippen molar-refractivity contribution in [2.75, 3.05) is 0 Å². The van der Waals surface area contributed by atoms with Crippen LogP contribution >= 0.6 is 0 Å². The number of pyridine rings is 2. The monoisotopic (exact) mass is 908 g/mol. The van der Waals surface area contributed by atoms with Crippen LogP contribution in [0.3, 0.4) is 0 Å². The Kier molecular flexibility index (Phi) is 9.94. The molecular weight excluding hydrogens is 874 g/mol. The van der Waals surface area contributed by atoms with Crippen LogP contribution in [0.5, 0.6) is 0 Å². The summed E-state index contributed by atoms with van der Waals surface area (Å²) in [5.74, 6) is 0. The Balaban J connectivity index is 1.16. The lowest BCUT2D eigenvalue weighted by Gasteiger charge is -2.21. The van der Waals surface area contributed by atoms with Gasteiger partial charge in [0.2, 0.25) is 0 Å². The first-order valence-corrected chi connectivity index (χ1v) is 22.6. The van der Waals surface area contributed by atoms with Crippen LogP contribution in [0.1, 0.15) is 11.1 Å². The molecule has 0 aliphatic rings. The van der Waals surface area contributed by atoms with Gasteiger partial charge in [0.1, 0.15) is 11.6 Å². The van der Waals surface area contributed by atoms with Crippen LogP contribution in [-0.4, -0.2) is 19.1 Å². The molecule has 0 unspecified atom stereocenters. The smallest absolute Gasteiger partial charge is 0.308 e. The van der Waals surface area contributed by atoms with Gasteiger partial charge < -0.3 is 9.13 Å². The van der Waals surface area contributed by atoms with Crippen molar-refractivity contribution < 1.29 is 13.2 Å². The second-order valence-corrected chi connectivity index (χ2v) is 17.0. The van der Waals surface area contributed by atoms with Gasteiger partial charge in [0.25, 0.3) is 0 Å². The first-order valence-electron chi connectivity index (χ1n) is 22.6. The van der Waals surface area contributed by atoms with Gasteiger partial charge in [-0.2, -0.15) is 18.4 Å². The summed E-state index contributed by atoms with van der Waals surface area (Å²) in [7, 11) is 0. The fraction of sp³-hybridized carbons (Fsp3) is 0.0164. The molecule has 0 fully saturated rings. The lowest BCUT2D eigenvalue weighted by molar-refractivity contribution is -0.137. The van der Waals surface area contributed by atoms with E-state index in [9.17, 15) is 5.26 Å². The van der Waals surface area contributed by atoms with Crippen molar-refractivity contribution in [3.8, 4) is 73.3 Å². The van der Waals surface area contributed by atoms with Crippen LogP contribution in [0.4, 0.5) is 18.9 Å². The van der Waals surface area contributed by atoms with Gasteiger partial charge in [-0.1, -0.05) is 140 Å². The molecule has 0 radical (unpaired) electrons. The molecule has 0 saturated carbocycles. The minimum atomic E-state index is -4.80. The summed E-state index contributed by atoms with van der Waals surface area (Å²) < 4.78 is 49.6. The van der Waals surface area contributed by atoms with Crippen LogP contribution in [0.15, 0.2) is 213 Å². The predicted octanol–water partition coefficient (Wildman–Crippen LogP) is 16.4. The molecule has 4 heterocycles. The SMILES string of the molecule is [C-]#[N+]c1cccc(C(F)(F)F)c1-c1cc(-n2c3ccccc3c3cc(-c4cccnc4-c4ccccc4)ccc32)c(C#N)c(-n2c3ccccc3c3cc(-c4cccnc4-c4ccccc4)ccc32)c1. The molecule has 8 aromatic carbocycles. The third-order valence-corrected chi connectivity index (χ3v) is 13.1. The van der Waals surface area contributed by atoms with E-state index in [1.807, 2.05) is 167 Å². The van der Waals surface area contributed by atoms with E-state index < -0.39 is 11.7 Å². The standard InChI is InChI=1S/C61H35F3N6/c1-66-51-24-12-23-50(61(62,63)64)58(51)42-35-56(69-52-25-10-8-19-45(52)47-33-40(27-29-54(47)69)43-21-13-31-67-59(43)38-15-4-2-5-16-38)49(37-65)57(36-42)70-53-26-11-9-20-46(53)48-34-41(28-30-55(48)70)44-22-14-32-68-60(44)39-17-6-3-7-18-39/h2-36H. The van der Waals surface area contributed by atoms with Crippen LogP contribution in [0, 0.1) is 17.9 Å². The average molecular weight is 909 g/mol. The maximum Gasteiger partial charge on any atom is 0.415 e. The molecule has 9 heteroatoms. The summed E-state index contributed by atoms with van der Waals surface area (Å²) in [6.07, 6.45) is -1.25. The number of nitriles is 1. The van der Waals surface area contributed by atoms with E-state index >= 15 is 13.2 Å². The number of nitrogens with zero attached hydrogens (tertiary/aromatic N) is 6. The molecule has 0 atom stereocenters. The highest BCUT2D eigenvalue weighted by Gasteiger charge is 2.35. The first-order chi connectivity index (χ1) is 34.3. The highest BCUT2D eigenvalue weighted by Crippen LogP contribution is 2.47. The fourth-order valence-electron chi connectivity index (χ4n) is 10.1. The third-order valence-electron chi connectivity index (χ3n) is 13.1. The van der Waals surface area contributed by atoms with Crippen molar-refractivity contribution in [3.05, 3.63) is 235 Å². The normalized spacial score (nSPS) is 11.6. The molecule has 12 rings (SSSR count). The molecule has 0 aliphatic heterocycles. The van der Waals surface area contributed by atoms with E-state index in [1.165, 1.54) is 12.1 Å². The minimum absolute atomic E-state index is 0.138. The molecule has 0 bridgehead atoms. The quantitative estimate of drug-likeness (QED) is 0.150. The number of alkyl halides is 3. The summed E-state index contributed by atoms with van der Waals surface area (Å²) in [5.41, 5.74) is 9.97. The van der Waals surface area contributed by atoms with E-state index in [1.54, 1.807) is 24.5 Å². The molecule has 70 heavy (non-hydrogen) atoms. The minimum Gasteiger partial charge on any atom is -0.308 e. The predicted molar refractivity (Wildman–Crippen MR) is 274 cm³/mol. The van der Waals surface area contributed by atoms with Gasteiger partial charge in [-0.05, 0) is 82.9 Å². The molecule has 0 aliphatic carbocycles. The van der Waals surface area contributed by atoms with Gasteiger partial charge in [0.05, 0.1) is 57.0 Å². The third kappa shape index (κ3) is 6.79. The van der Waals surface area contributed by atoms with Crippen molar-refractivity contribution in [1.82, 2.24) is 19.1 Å². The number of fused-ring (bicyclic) bond motifs is 6. The van der Waals surface area contributed by atoms with Crippen LogP contribution in [0.2, 0.25) is 0 Å². The molecule has 330 valence electrons. The second-order valence-electron chi connectivity index (χ2n) is 17.0. The van der Waals surface area contributed by atoms with E-state index in [0.717, 1.165) is 94.4 Å². The van der Waals surface area contributed by atoms with Gasteiger partial charge in [-0.25, -0.2) is 4.85 Å². The Hall–Kier alpha value is -9.57. The average Bonchev–Trinajstić information content (AvgIpc) is 3.92.